The van der Waals surface area contributed by atoms with E-state index in [0.717, 1.165) is 16.9 Å². The molecule has 0 spiro atoms. The van der Waals surface area contributed by atoms with Crippen LogP contribution in [0.1, 0.15) is 30.4 Å². The van der Waals surface area contributed by atoms with Crippen molar-refractivity contribution in [2.45, 2.75) is 25.9 Å². The number of ether oxygens (including phenoxy) is 2. The van der Waals surface area contributed by atoms with E-state index in [4.69, 9.17) is 9.47 Å². The van der Waals surface area contributed by atoms with Crippen molar-refractivity contribution in [3.63, 3.8) is 0 Å². The zero-order valence-corrected chi connectivity index (χ0v) is 12.4. The van der Waals surface area contributed by atoms with Crippen molar-refractivity contribution in [1.82, 2.24) is 0 Å². The van der Waals surface area contributed by atoms with Gasteiger partial charge in [-0.2, -0.15) is 0 Å². The number of rotatable bonds is 6. The van der Waals surface area contributed by atoms with E-state index >= 15 is 0 Å². The van der Waals surface area contributed by atoms with Crippen LogP contribution in [0.2, 0.25) is 0 Å². The molecule has 2 aromatic carbocycles. The number of hydrogen-bond donors (Lipinski definition) is 0. The van der Waals surface area contributed by atoms with Crippen molar-refractivity contribution in [1.29, 1.82) is 0 Å². The maximum Gasteiger partial charge on any atom is 0.306 e. The van der Waals surface area contributed by atoms with Gasteiger partial charge in [0.25, 0.3) is 0 Å². The molecule has 1 atom stereocenters. The van der Waals surface area contributed by atoms with Gasteiger partial charge in [-0.1, -0.05) is 49.4 Å². The SMILES string of the molecule is COc1cccc(COC(=O)CC(C)c2ccccc2)c1. The molecule has 3 heteroatoms. The van der Waals surface area contributed by atoms with Gasteiger partial charge in [0.1, 0.15) is 12.4 Å². The Hall–Kier alpha value is -2.29. The maximum absolute atomic E-state index is 11.9. The Morgan fingerprint density at radius 2 is 1.86 bits per heavy atom. The standard InChI is InChI=1S/C18H20O3/c1-14(16-8-4-3-5-9-16)11-18(19)21-13-15-7-6-10-17(12-15)20-2/h3-10,12,14H,11,13H2,1-2H3. The van der Waals surface area contributed by atoms with Crippen LogP contribution in [-0.4, -0.2) is 13.1 Å². The molecule has 0 heterocycles. The van der Waals surface area contributed by atoms with Gasteiger partial charge in [-0.15, -0.1) is 0 Å². The van der Waals surface area contributed by atoms with E-state index in [1.807, 2.05) is 61.5 Å². The Kier molecular flexibility index (Phi) is 5.38. The molecule has 1 unspecified atom stereocenters. The minimum absolute atomic E-state index is 0.156. The molecule has 0 aromatic heterocycles. The second-order valence-corrected chi connectivity index (χ2v) is 5.03. The number of carbonyl (C=O) groups excluding carboxylic acids is 1. The molecule has 0 aliphatic heterocycles. The summed E-state index contributed by atoms with van der Waals surface area (Å²) in [4.78, 5) is 11.9. The Morgan fingerprint density at radius 1 is 1.10 bits per heavy atom. The lowest BCUT2D eigenvalue weighted by Crippen LogP contribution is -2.08. The predicted molar refractivity (Wildman–Crippen MR) is 82.3 cm³/mol. The Bertz CT molecular complexity index is 578. The maximum atomic E-state index is 11.9. The molecule has 0 amide bonds. The Balaban J connectivity index is 1.84. The van der Waals surface area contributed by atoms with Gasteiger partial charge >= 0.3 is 5.97 Å². The summed E-state index contributed by atoms with van der Waals surface area (Å²) in [6.45, 7) is 2.31. The highest BCUT2D eigenvalue weighted by Gasteiger charge is 2.12. The second-order valence-electron chi connectivity index (χ2n) is 5.03. The molecule has 0 fully saturated rings. The normalized spacial score (nSPS) is 11.7. The summed E-state index contributed by atoms with van der Waals surface area (Å²) < 4.78 is 10.5. The highest BCUT2D eigenvalue weighted by molar-refractivity contribution is 5.70. The molecule has 0 aliphatic carbocycles. The third-order valence-corrected chi connectivity index (χ3v) is 3.38. The first kappa shape index (κ1) is 15.1. The van der Waals surface area contributed by atoms with Crippen molar-refractivity contribution in [3.05, 3.63) is 65.7 Å². The Labute approximate surface area is 125 Å². The number of hydrogen-bond acceptors (Lipinski definition) is 3. The number of esters is 1. The van der Waals surface area contributed by atoms with Crippen LogP contribution in [-0.2, 0) is 16.1 Å². The summed E-state index contributed by atoms with van der Waals surface area (Å²) >= 11 is 0. The molecule has 21 heavy (non-hydrogen) atoms. The fourth-order valence-corrected chi connectivity index (χ4v) is 2.13. The van der Waals surface area contributed by atoms with Gasteiger partial charge in [-0.25, -0.2) is 0 Å². The van der Waals surface area contributed by atoms with Crippen LogP contribution in [0.15, 0.2) is 54.6 Å². The lowest BCUT2D eigenvalue weighted by molar-refractivity contribution is -0.145. The molecule has 0 radical (unpaired) electrons. The minimum Gasteiger partial charge on any atom is -0.497 e. The molecule has 0 bridgehead atoms. The molecule has 0 aliphatic rings. The highest BCUT2D eigenvalue weighted by atomic mass is 16.5. The van der Waals surface area contributed by atoms with Gasteiger partial charge in [0.2, 0.25) is 0 Å². The Morgan fingerprint density at radius 3 is 2.57 bits per heavy atom. The van der Waals surface area contributed by atoms with Crippen molar-refractivity contribution in [2.24, 2.45) is 0 Å². The average Bonchev–Trinajstić information content (AvgIpc) is 2.54. The van der Waals surface area contributed by atoms with E-state index in [9.17, 15) is 4.79 Å². The third kappa shape index (κ3) is 4.63. The second kappa shape index (κ2) is 7.48. The van der Waals surface area contributed by atoms with Gasteiger partial charge < -0.3 is 9.47 Å². The zero-order chi connectivity index (χ0) is 15.1. The van der Waals surface area contributed by atoms with Crippen LogP contribution in [0, 0.1) is 0 Å². The van der Waals surface area contributed by atoms with Gasteiger partial charge in [0.05, 0.1) is 13.5 Å². The van der Waals surface area contributed by atoms with E-state index in [0.29, 0.717) is 6.42 Å². The third-order valence-electron chi connectivity index (χ3n) is 3.38. The van der Waals surface area contributed by atoms with Crippen molar-refractivity contribution in [3.8, 4) is 5.75 Å². The first-order chi connectivity index (χ1) is 10.2. The number of methoxy groups -OCH3 is 1. The summed E-state index contributed by atoms with van der Waals surface area (Å²) in [5.41, 5.74) is 2.07. The fraction of sp³-hybridized carbons (Fsp3) is 0.278. The molecule has 2 aromatic rings. The first-order valence-electron chi connectivity index (χ1n) is 7.02. The van der Waals surface area contributed by atoms with Crippen LogP contribution < -0.4 is 4.74 Å². The van der Waals surface area contributed by atoms with E-state index in [2.05, 4.69) is 0 Å². The topological polar surface area (TPSA) is 35.5 Å². The summed E-state index contributed by atoms with van der Waals surface area (Å²) in [7, 11) is 1.62. The molecule has 110 valence electrons. The quantitative estimate of drug-likeness (QED) is 0.754. The summed E-state index contributed by atoms with van der Waals surface area (Å²) in [5, 5.41) is 0. The monoisotopic (exact) mass is 284 g/mol. The molecule has 3 nitrogen and oxygen atoms in total. The van der Waals surface area contributed by atoms with Gasteiger partial charge in [0.15, 0.2) is 0 Å². The molecular weight excluding hydrogens is 264 g/mol. The van der Waals surface area contributed by atoms with Gasteiger partial charge in [-0.05, 0) is 29.2 Å². The van der Waals surface area contributed by atoms with E-state index in [1.54, 1.807) is 7.11 Å². The molecular formula is C18H20O3. The smallest absolute Gasteiger partial charge is 0.306 e. The van der Waals surface area contributed by atoms with Crippen LogP contribution in [0.3, 0.4) is 0 Å². The molecule has 0 saturated carbocycles. The zero-order valence-electron chi connectivity index (χ0n) is 12.4. The summed E-state index contributed by atoms with van der Waals surface area (Å²) in [6.07, 6.45) is 0.383. The van der Waals surface area contributed by atoms with Crippen molar-refractivity contribution in [2.75, 3.05) is 7.11 Å². The van der Waals surface area contributed by atoms with Crippen molar-refractivity contribution < 1.29 is 14.3 Å². The van der Waals surface area contributed by atoms with E-state index in [-0.39, 0.29) is 18.5 Å². The predicted octanol–water partition coefficient (Wildman–Crippen LogP) is 3.93. The lowest BCUT2D eigenvalue weighted by Gasteiger charge is -2.11. The largest absolute Gasteiger partial charge is 0.497 e. The van der Waals surface area contributed by atoms with E-state index < -0.39 is 0 Å². The number of benzene rings is 2. The van der Waals surface area contributed by atoms with E-state index in [1.165, 1.54) is 0 Å². The van der Waals surface area contributed by atoms with Crippen molar-refractivity contribution >= 4 is 5.97 Å². The molecule has 2 rings (SSSR count). The number of carbonyl (C=O) groups is 1. The summed E-state index contributed by atoms with van der Waals surface area (Å²) in [6, 6.07) is 17.5. The minimum atomic E-state index is -0.186. The fourth-order valence-electron chi connectivity index (χ4n) is 2.13. The summed E-state index contributed by atoms with van der Waals surface area (Å²) in [5.74, 6) is 0.736. The first-order valence-corrected chi connectivity index (χ1v) is 7.02. The average molecular weight is 284 g/mol. The van der Waals surface area contributed by atoms with Gasteiger partial charge in [0, 0.05) is 0 Å². The van der Waals surface area contributed by atoms with Gasteiger partial charge in [-0.3, -0.25) is 4.79 Å². The van der Waals surface area contributed by atoms with Crippen LogP contribution in [0.25, 0.3) is 0 Å². The molecule has 0 N–H and O–H groups in total. The van der Waals surface area contributed by atoms with Crippen LogP contribution in [0.4, 0.5) is 0 Å². The van der Waals surface area contributed by atoms with Crippen LogP contribution >= 0.6 is 0 Å². The van der Waals surface area contributed by atoms with Crippen LogP contribution in [0.5, 0.6) is 5.75 Å². The lowest BCUT2D eigenvalue weighted by atomic mass is 9.98. The molecule has 0 saturated heterocycles. The highest BCUT2D eigenvalue weighted by Crippen LogP contribution is 2.19.